The normalized spacial score (nSPS) is 21.0. The first-order valence-corrected chi connectivity index (χ1v) is 9.20. The van der Waals surface area contributed by atoms with Crippen molar-refractivity contribution in [1.29, 1.82) is 0 Å². The van der Waals surface area contributed by atoms with Gasteiger partial charge in [-0.2, -0.15) is 0 Å². The summed E-state index contributed by atoms with van der Waals surface area (Å²) in [5, 5.41) is 2.21. The largest absolute Gasteiger partial charge is 0.329 e. The van der Waals surface area contributed by atoms with Crippen molar-refractivity contribution in [3.05, 3.63) is 29.3 Å². The van der Waals surface area contributed by atoms with Gasteiger partial charge in [0.1, 0.15) is 6.04 Å². The van der Waals surface area contributed by atoms with Gasteiger partial charge in [-0.25, -0.2) is 8.42 Å². The van der Waals surface area contributed by atoms with Crippen LogP contribution in [0.15, 0.2) is 23.1 Å². The Hall–Kier alpha value is -2.26. The summed E-state index contributed by atoms with van der Waals surface area (Å²) in [6, 6.07) is 3.73. The van der Waals surface area contributed by atoms with Gasteiger partial charge in [-0.3, -0.25) is 19.7 Å². The van der Waals surface area contributed by atoms with Gasteiger partial charge in [0, 0.05) is 30.6 Å². The molecule has 24 heavy (non-hydrogen) atoms. The van der Waals surface area contributed by atoms with Crippen molar-refractivity contribution < 1.29 is 22.8 Å². The fourth-order valence-corrected chi connectivity index (χ4v) is 4.48. The lowest BCUT2D eigenvalue weighted by Gasteiger charge is -2.29. The Morgan fingerprint density at radius 2 is 2.00 bits per heavy atom. The second kappa shape index (κ2) is 5.99. The predicted octanol–water partition coefficient (Wildman–Crippen LogP) is -0.820. The van der Waals surface area contributed by atoms with Crippen LogP contribution in [-0.4, -0.2) is 49.4 Å². The first-order chi connectivity index (χ1) is 11.3. The number of carbonyl (C=O) groups excluding carboxylic acids is 3. The zero-order valence-electron chi connectivity index (χ0n) is 12.8. The van der Waals surface area contributed by atoms with E-state index < -0.39 is 27.7 Å². The highest BCUT2D eigenvalue weighted by Crippen LogP contribution is 2.32. The lowest BCUT2D eigenvalue weighted by atomic mass is 10.0. The van der Waals surface area contributed by atoms with Gasteiger partial charge in [-0.05, 0) is 18.6 Å². The number of nitrogens with two attached hydrogens (primary N) is 1. The Kier molecular flexibility index (Phi) is 4.14. The molecule has 0 bridgehead atoms. The number of imide groups is 1. The van der Waals surface area contributed by atoms with Crippen LogP contribution in [0, 0.1) is 0 Å². The minimum atomic E-state index is -3.59. The number of fused-ring (bicyclic) bond motifs is 1. The van der Waals surface area contributed by atoms with Crippen molar-refractivity contribution >= 4 is 27.6 Å². The summed E-state index contributed by atoms with van der Waals surface area (Å²) in [4.78, 5) is 37.3. The number of sulfone groups is 1. The zero-order chi connectivity index (χ0) is 17.5. The maximum atomic E-state index is 12.6. The molecule has 1 fully saturated rings. The molecule has 1 atom stereocenters. The van der Waals surface area contributed by atoms with Crippen LogP contribution in [0.4, 0.5) is 0 Å². The monoisotopic (exact) mass is 351 g/mol. The first kappa shape index (κ1) is 16.6. The van der Waals surface area contributed by atoms with Crippen LogP contribution < -0.4 is 11.1 Å². The molecule has 2 aliphatic heterocycles. The number of piperidine rings is 1. The Morgan fingerprint density at radius 3 is 2.67 bits per heavy atom. The van der Waals surface area contributed by atoms with Crippen LogP contribution in [-0.2, 0) is 26.0 Å². The molecule has 128 valence electrons. The highest BCUT2D eigenvalue weighted by Gasteiger charge is 2.40. The Labute approximate surface area is 138 Å². The number of rotatable bonds is 4. The molecule has 2 heterocycles. The smallest absolute Gasteiger partial charge is 0.255 e. The molecule has 1 aromatic rings. The second-order valence-corrected chi connectivity index (χ2v) is 7.87. The molecular formula is C15H17N3O5S. The van der Waals surface area contributed by atoms with E-state index in [1.165, 1.54) is 17.0 Å². The molecule has 3 rings (SSSR count). The highest BCUT2D eigenvalue weighted by atomic mass is 32.2. The number of hydrogen-bond donors (Lipinski definition) is 2. The Bertz CT molecular complexity index is 834. The van der Waals surface area contributed by atoms with Gasteiger partial charge in [-0.15, -0.1) is 0 Å². The molecule has 9 heteroatoms. The lowest BCUT2D eigenvalue weighted by molar-refractivity contribution is -0.136. The molecule has 0 radical (unpaired) electrons. The van der Waals surface area contributed by atoms with Crippen molar-refractivity contribution in [2.45, 2.75) is 30.3 Å². The van der Waals surface area contributed by atoms with E-state index in [1.54, 1.807) is 6.07 Å². The van der Waals surface area contributed by atoms with Crippen LogP contribution in [0.5, 0.6) is 0 Å². The van der Waals surface area contributed by atoms with E-state index in [9.17, 15) is 22.8 Å². The molecule has 0 aromatic heterocycles. The number of carbonyl (C=O) groups is 3. The van der Waals surface area contributed by atoms with Crippen molar-refractivity contribution in [2.24, 2.45) is 5.73 Å². The third-order valence-corrected chi connectivity index (χ3v) is 6.09. The summed E-state index contributed by atoms with van der Waals surface area (Å²) in [5.41, 5.74) is 6.02. The van der Waals surface area contributed by atoms with Gasteiger partial charge in [0.2, 0.25) is 11.8 Å². The third kappa shape index (κ3) is 2.69. The van der Waals surface area contributed by atoms with E-state index in [0.29, 0.717) is 5.56 Å². The average Bonchev–Trinajstić information content (AvgIpc) is 2.84. The van der Waals surface area contributed by atoms with Crippen LogP contribution in [0.2, 0.25) is 0 Å². The van der Waals surface area contributed by atoms with E-state index in [-0.39, 0.29) is 48.1 Å². The summed E-state index contributed by atoms with van der Waals surface area (Å²) >= 11 is 0. The molecule has 0 spiro atoms. The minimum absolute atomic E-state index is 0.0171. The number of hydrogen-bond acceptors (Lipinski definition) is 6. The number of nitrogens with one attached hydrogen (secondary N) is 1. The van der Waals surface area contributed by atoms with Gasteiger partial charge >= 0.3 is 0 Å². The van der Waals surface area contributed by atoms with E-state index in [1.807, 2.05) is 0 Å². The van der Waals surface area contributed by atoms with Crippen LogP contribution in [0.25, 0.3) is 0 Å². The fourth-order valence-electron chi connectivity index (χ4n) is 3.11. The summed E-state index contributed by atoms with van der Waals surface area (Å²) in [6.45, 7) is 0.0111. The lowest BCUT2D eigenvalue weighted by Crippen LogP contribution is -2.52. The number of benzene rings is 1. The Balaban J connectivity index is 1.96. The molecule has 8 nitrogen and oxygen atoms in total. The van der Waals surface area contributed by atoms with Crippen LogP contribution in [0.1, 0.15) is 28.8 Å². The molecule has 2 aliphatic rings. The van der Waals surface area contributed by atoms with E-state index >= 15 is 0 Å². The quantitative estimate of drug-likeness (QED) is 0.683. The molecule has 1 unspecified atom stereocenters. The molecule has 3 N–H and O–H groups in total. The van der Waals surface area contributed by atoms with Crippen LogP contribution >= 0.6 is 0 Å². The SMILES string of the molecule is NCCS(=O)(=O)c1cccc2c1CN(C1CCC(=O)NC1=O)C2=O. The Morgan fingerprint density at radius 1 is 1.25 bits per heavy atom. The summed E-state index contributed by atoms with van der Waals surface area (Å²) < 4.78 is 24.7. The van der Waals surface area contributed by atoms with E-state index in [4.69, 9.17) is 5.73 Å². The minimum Gasteiger partial charge on any atom is -0.329 e. The molecule has 1 aromatic carbocycles. The van der Waals surface area contributed by atoms with Gasteiger partial charge in [0.05, 0.1) is 10.6 Å². The van der Waals surface area contributed by atoms with Crippen molar-refractivity contribution in [3.8, 4) is 0 Å². The topological polar surface area (TPSA) is 127 Å². The van der Waals surface area contributed by atoms with Gasteiger partial charge in [-0.1, -0.05) is 6.07 Å². The summed E-state index contributed by atoms with van der Waals surface area (Å²) in [6.07, 6.45) is 0.379. The molecule has 0 aliphatic carbocycles. The standard InChI is InChI=1S/C15H17N3O5S/c16-6-7-24(22,23)12-3-1-2-9-10(12)8-18(15(9)21)11-4-5-13(19)17-14(11)20/h1-3,11H,4-8,16H2,(H,17,19,20). The number of nitrogens with zero attached hydrogens (tertiary/aromatic N) is 1. The predicted molar refractivity (Wildman–Crippen MR) is 83.6 cm³/mol. The van der Waals surface area contributed by atoms with Crippen molar-refractivity contribution in [3.63, 3.8) is 0 Å². The van der Waals surface area contributed by atoms with Gasteiger partial charge in [0.25, 0.3) is 5.91 Å². The average molecular weight is 351 g/mol. The number of amides is 3. The molecule has 3 amide bonds. The zero-order valence-corrected chi connectivity index (χ0v) is 13.6. The maximum absolute atomic E-state index is 12.6. The van der Waals surface area contributed by atoms with Gasteiger partial charge in [0.15, 0.2) is 9.84 Å². The van der Waals surface area contributed by atoms with E-state index in [2.05, 4.69) is 5.32 Å². The molecular weight excluding hydrogens is 334 g/mol. The van der Waals surface area contributed by atoms with Crippen LogP contribution in [0.3, 0.4) is 0 Å². The second-order valence-electron chi connectivity index (χ2n) is 5.79. The third-order valence-electron chi connectivity index (χ3n) is 4.26. The van der Waals surface area contributed by atoms with Crippen molar-refractivity contribution in [2.75, 3.05) is 12.3 Å². The maximum Gasteiger partial charge on any atom is 0.255 e. The fraction of sp³-hybridized carbons (Fsp3) is 0.400. The molecule has 0 saturated carbocycles. The first-order valence-electron chi connectivity index (χ1n) is 7.54. The van der Waals surface area contributed by atoms with E-state index in [0.717, 1.165) is 0 Å². The summed E-state index contributed by atoms with van der Waals surface area (Å²) in [7, 11) is -3.59. The van der Waals surface area contributed by atoms with Gasteiger partial charge < -0.3 is 10.6 Å². The molecule has 1 saturated heterocycles. The highest BCUT2D eigenvalue weighted by molar-refractivity contribution is 7.91. The summed E-state index contributed by atoms with van der Waals surface area (Å²) in [5.74, 6) is -1.51. The van der Waals surface area contributed by atoms with Crippen molar-refractivity contribution in [1.82, 2.24) is 10.2 Å².